The van der Waals surface area contributed by atoms with Gasteiger partial charge in [0, 0.05) is 35.2 Å². The maximum absolute atomic E-state index is 12.8. The third-order valence-electron chi connectivity index (χ3n) is 5.44. The molecule has 1 heterocycles. The van der Waals surface area contributed by atoms with Gasteiger partial charge in [0.2, 0.25) is 5.91 Å². The Labute approximate surface area is 194 Å². The Balaban J connectivity index is 1.87. The molecular formula is C25H30N6O2. The lowest BCUT2D eigenvalue weighted by Gasteiger charge is -2.27. The number of carbonyl (C=O) groups excluding carboxylic acids is 2. The third-order valence-corrected chi connectivity index (χ3v) is 5.44. The number of rotatable bonds is 11. The van der Waals surface area contributed by atoms with Crippen LogP contribution in [0.2, 0.25) is 0 Å². The quantitative estimate of drug-likeness (QED) is 0.465. The number of nitrogens with one attached hydrogen (secondary N) is 1. The Kier molecular flexibility index (Phi) is 8.49. The number of nitrogens with zero attached hydrogens (tertiary/aromatic N) is 4. The van der Waals surface area contributed by atoms with Crippen LogP contribution in [0.5, 0.6) is 0 Å². The van der Waals surface area contributed by atoms with Gasteiger partial charge in [-0.05, 0) is 68.5 Å². The number of aromatic nitrogens is 2. The van der Waals surface area contributed by atoms with E-state index in [1.807, 2.05) is 30.3 Å². The lowest BCUT2D eigenvalue weighted by molar-refractivity contribution is 0.0997. The molecule has 0 saturated heterocycles. The van der Waals surface area contributed by atoms with Gasteiger partial charge in [0.25, 0.3) is 5.91 Å². The molecule has 0 aliphatic heterocycles. The van der Waals surface area contributed by atoms with Gasteiger partial charge >= 0.3 is 0 Å². The first kappa shape index (κ1) is 23.9. The number of anilines is 3. The van der Waals surface area contributed by atoms with Crippen LogP contribution in [0.3, 0.4) is 0 Å². The van der Waals surface area contributed by atoms with E-state index in [-0.39, 0.29) is 5.91 Å². The first-order valence-electron chi connectivity index (χ1n) is 11.1. The van der Waals surface area contributed by atoms with E-state index < -0.39 is 5.91 Å². The van der Waals surface area contributed by atoms with Crippen molar-refractivity contribution in [3.05, 3.63) is 78.2 Å². The number of nitrogens with two attached hydrogens (primary N) is 1. The first-order chi connectivity index (χ1) is 16.0. The molecule has 8 heteroatoms. The van der Waals surface area contributed by atoms with E-state index in [1.54, 1.807) is 30.5 Å². The largest absolute Gasteiger partial charge is 0.366 e. The van der Waals surface area contributed by atoms with E-state index in [1.165, 1.54) is 6.33 Å². The second-order valence-corrected chi connectivity index (χ2v) is 7.55. The summed E-state index contributed by atoms with van der Waals surface area (Å²) in [6, 6.07) is 16.3. The van der Waals surface area contributed by atoms with Crippen molar-refractivity contribution in [1.82, 2.24) is 14.9 Å². The summed E-state index contributed by atoms with van der Waals surface area (Å²) in [5, 5.41) is 2.79. The molecule has 0 fully saturated rings. The molecule has 0 unspecified atom stereocenters. The zero-order chi connectivity index (χ0) is 23.6. The number of amides is 2. The van der Waals surface area contributed by atoms with Crippen LogP contribution < -0.4 is 16.0 Å². The van der Waals surface area contributed by atoms with Crippen molar-refractivity contribution in [3.8, 4) is 0 Å². The second kappa shape index (κ2) is 11.7. The standard InChI is InChI=1S/C25H30N6O2/c1-3-30(4-2)14-7-15-31(21-10-5-8-19(16-21)24(26)32)22-11-6-9-20(17-22)25(33)29-23-12-13-27-18-28-23/h5-6,8-13,16-18H,3-4,7,14-15H2,1-2H3,(H2,26,32)(H,27,28,29,33). The summed E-state index contributed by atoms with van der Waals surface area (Å²) in [7, 11) is 0. The van der Waals surface area contributed by atoms with Crippen LogP contribution in [0, 0.1) is 0 Å². The molecular weight excluding hydrogens is 416 g/mol. The Morgan fingerprint density at radius 2 is 1.61 bits per heavy atom. The fourth-order valence-electron chi connectivity index (χ4n) is 3.59. The first-order valence-corrected chi connectivity index (χ1v) is 11.1. The van der Waals surface area contributed by atoms with Crippen molar-refractivity contribution < 1.29 is 9.59 Å². The predicted octanol–water partition coefficient (Wildman–Crippen LogP) is 3.70. The van der Waals surface area contributed by atoms with Crippen LogP contribution in [-0.4, -0.2) is 52.9 Å². The lowest BCUT2D eigenvalue weighted by atomic mass is 10.1. The van der Waals surface area contributed by atoms with Crippen molar-refractivity contribution in [3.63, 3.8) is 0 Å². The summed E-state index contributed by atoms with van der Waals surface area (Å²) in [6.45, 7) is 7.95. The van der Waals surface area contributed by atoms with Gasteiger partial charge in [-0.2, -0.15) is 0 Å². The van der Waals surface area contributed by atoms with Gasteiger partial charge in [-0.3, -0.25) is 9.59 Å². The zero-order valence-electron chi connectivity index (χ0n) is 19.1. The van der Waals surface area contributed by atoms with Crippen LogP contribution in [-0.2, 0) is 0 Å². The van der Waals surface area contributed by atoms with Gasteiger partial charge < -0.3 is 20.9 Å². The van der Waals surface area contributed by atoms with E-state index in [0.29, 0.717) is 16.9 Å². The molecule has 0 aliphatic rings. The average Bonchev–Trinajstić information content (AvgIpc) is 2.85. The Morgan fingerprint density at radius 3 is 2.21 bits per heavy atom. The van der Waals surface area contributed by atoms with Crippen molar-refractivity contribution in [1.29, 1.82) is 0 Å². The van der Waals surface area contributed by atoms with E-state index in [0.717, 1.165) is 44.0 Å². The van der Waals surface area contributed by atoms with Gasteiger partial charge in [0.1, 0.15) is 12.1 Å². The Morgan fingerprint density at radius 1 is 0.939 bits per heavy atom. The van der Waals surface area contributed by atoms with E-state index in [9.17, 15) is 9.59 Å². The molecule has 2 aromatic carbocycles. The van der Waals surface area contributed by atoms with E-state index in [2.05, 4.69) is 38.9 Å². The van der Waals surface area contributed by atoms with E-state index in [4.69, 9.17) is 5.73 Å². The molecule has 0 saturated carbocycles. The molecule has 33 heavy (non-hydrogen) atoms. The summed E-state index contributed by atoms with van der Waals surface area (Å²) in [5.41, 5.74) is 8.16. The highest BCUT2D eigenvalue weighted by atomic mass is 16.2. The van der Waals surface area contributed by atoms with Crippen molar-refractivity contribution in [2.24, 2.45) is 5.73 Å². The number of carbonyl (C=O) groups is 2. The van der Waals surface area contributed by atoms with Crippen LogP contribution in [0.4, 0.5) is 17.2 Å². The number of benzene rings is 2. The number of hydrogen-bond donors (Lipinski definition) is 2. The molecule has 1 aromatic heterocycles. The topological polar surface area (TPSA) is 104 Å². The number of primary amides is 1. The minimum atomic E-state index is -0.474. The molecule has 0 atom stereocenters. The summed E-state index contributed by atoms with van der Waals surface area (Å²) < 4.78 is 0. The van der Waals surface area contributed by atoms with E-state index >= 15 is 0 Å². The molecule has 3 aromatic rings. The summed E-state index contributed by atoms with van der Waals surface area (Å²) in [6.07, 6.45) is 3.87. The minimum absolute atomic E-state index is 0.260. The monoisotopic (exact) mass is 446 g/mol. The molecule has 3 rings (SSSR count). The van der Waals surface area contributed by atoms with Crippen molar-refractivity contribution in [2.45, 2.75) is 20.3 Å². The lowest BCUT2D eigenvalue weighted by Crippen LogP contribution is -2.28. The SMILES string of the molecule is CCN(CC)CCCN(c1cccc(C(N)=O)c1)c1cccc(C(=O)Nc2ccncn2)c1. The molecule has 2 amide bonds. The highest BCUT2D eigenvalue weighted by molar-refractivity contribution is 6.04. The van der Waals surface area contributed by atoms with Gasteiger partial charge in [0.05, 0.1) is 0 Å². The van der Waals surface area contributed by atoms with Crippen LogP contribution >= 0.6 is 0 Å². The molecule has 3 N–H and O–H groups in total. The summed E-state index contributed by atoms with van der Waals surface area (Å²) in [5.74, 6) is -0.298. The maximum atomic E-state index is 12.8. The zero-order valence-corrected chi connectivity index (χ0v) is 19.1. The predicted molar refractivity (Wildman–Crippen MR) is 131 cm³/mol. The molecule has 8 nitrogen and oxygen atoms in total. The second-order valence-electron chi connectivity index (χ2n) is 7.55. The highest BCUT2D eigenvalue weighted by Crippen LogP contribution is 2.27. The Bertz CT molecular complexity index is 1070. The maximum Gasteiger partial charge on any atom is 0.256 e. The summed E-state index contributed by atoms with van der Waals surface area (Å²) in [4.78, 5) is 36.9. The fourth-order valence-corrected chi connectivity index (χ4v) is 3.59. The third kappa shape index (κ3) is 6.60. The molecule has 0 spiro atoms. The van der Waals surface area contributed by atoms with Gasteiger partial charge in [-0.15, -0.1) is 0 Å². The summed E-state index contributed by atoms with van der Waals surface area (Å²) >= 11 is 0. The molecule has 0 aliphatic carbocycles. The van der Waals surface area contributed by atoms with Gasteiger partial charge in [-0.25, -0.2) is 9.97 Å². The average molecular weight is 447 g/mol. The van der Waals surface area contributed by atoms with Crippen LogP contribution in [0.25, 0.3) is 0 Å². The van der Waals surface area contributed by atoms with Crippen LogP contribution in [0.15, 0.2) is 67.1 Å². The number of hydrogen-bond acceptors (Lipinski definition) is 6. The highest BCUT2D eigenvalue weighted by Gasteiger charge is 2.15. The van der Waals surface area contributed by atoms with Gasteiger partial charge in [-0.1, -0.05) is 26.0 Å². The van der Waals surface area contributed by atoms with Gasteiger partial charge in [0.15, 0.2) is 0 Å². The molecule has 0 bridgehead atoms. The van der Waals surface area contributed by atoms with Crippen molar-refractivity contribution >= 4 is 29.0 Å². The normalized spacial score (nSPS) is 10.8. The molecule has 0 radical (unpaired) electrons. The minimum Gasteiger partial charge on any atom is -0.366 e. The van der Waals surface area contributed by atoms with Crippen LogP contribution in [0.1, 0.15) is 41.0 Å². The van der Waals surface area contributed by atoms with Crippen molar-refractivity contribution in [2.75, 3.05) is 36.4 Å². The molecule has 172 valence electrons. The Hall–Kier alpha value is -3.78. The smallest absolute Gasteiger partial charge is 0.256 e. The fraction of sp³-hybridized carbons (Fsp3) is 0.280.